The molecule has 20 heavy (non-hydrogen) atoms. The average molecular weight is 301 g/mol. The van der Waals surface area contributed by atoms with Gasteiger partial charge in [0.25, 0.3) is 5.91 Å². The summed E-state index contributed by atoms with van der Waals surface area (Å²) in [6.07, 6.45) is 3.06. The van der Waals surface area contributed by atoms with E-state index >= 15 is 0 Å². The normalized spacial score (nSPS) is 10.6. The summed E-state index contributed by atoms with van der Waals surface area (Å²) < 4.78 is 28.2. The second-order valence-corrected chi connectivity index (χ2v) is 4.45. The fourth-order valence-electron chi connectivity index (χ4n) is 1.58. The van der Waals surface area contributed by atoms with E-state index in [1.54, 1.807) is 6.20 Å². The van der Waals surface area contributed by atoms with Crippen molar-refractivity contribution in [3.8, 4) is 0 Å². The Morgan fingerprint density at radius 2 is 2.15 bits per heavy atom. The highest BCUT2D eigenvalue weighted by molar-refractivity contribution is 6.30. The zero-order chi connectivity index (χ0) is 14.7. The van der Waals surface area contributed by atoms with Gasteiger partial charge in [0.1, 0.15) is 11.6 Å². The maximum atomic E-state index is 13.5. The lowest BCUT2D eigenvalue weighted by atomic mass is 10.2. The number of rotatable bonds is 4. The van der Waals surface area contributed by atoms with Crippen LogP contribution in [-0.4, -0.2) is 22.2 Å². The minimum atomic E-state index is -0.878. The number of nitrogens with two attached hydrogens (primary N) is 1. The van der Waals surface area contributed by atoms with E-state index in [-0.39, 0.29) is 11.6 Å². The molecule has 0 bridgehead atoms. The van der Waals surface area contributed by atoms with Gasteiger partial charge in [-0.3, -0.25) is 9.48 Å². The summed E-state index contributed by atoms with van der Waals surface area (Å²) in [4.78, 5) is 11.7. The lowest BCUT2D eigenvalue weighted by molar-refractivity contribution is 0.0947. The van der Waals surface area contributed by atoms with Crippen LogP contribution in [0.15, 0.2) is 24.5 Å². The maximum absolute atomic E-state index is 13.5. The van der Waals surface area contributed by atoms with Crippen molar-refractivity contribution in [2.24, 2.45) is 0 Å². The van der Waals surface area contributed by atoms with Crippen molar-refractivity contribution in [3.05, 3.63) is 46.7 Å². The number of nitrogens with zero attached hydrogens (tertiary/aromatic N) is 2. The first kappa shape index (κ1) is 14.3. The molecule has 1 heterocycles. The summed E-state index contributed by atoms with van der Waals surface area (Å²) in [5.74, 6) is -2.45. The summed E-state index contributed by atoms with van der Waals surface area (Å²) in [7, 11) is 0. The van der Waals surface area contributed by atoms with Gasteiger partial charge in [-0.25, -0.2) is 8.78 Å². The number of aromatic nitrogens is 2. The molecule has 5 nitrogen and oxygen atoms in total. The lowest BCUT2D eigenvalue weighted by Crippen LogP contribution is -2.28. The maximum Gasteiger partial charge on any atom is 0.254 e. The summed E-state index contributed by atoms with van der Waals surface area (Å²) in [5.41, 5.74) is 5.58. The van der Waals surface area contributed by atoms with Gasteiger partial charge in [0.05, 0.1) is 29.0 Å². The van der Waals surface area contributed by atoms with Crippen LogP contribution in [0.5, 0.6) is 0 Å². The van der Waals surface area contributed by atoms with Crippen LogP contribution in [0.3, 0.4) is 0 Å². The summed E-state index contributed by atoms with van der Waals surface area (Å²) in [5, 5.41) is 6.00. The van der Waals surface area contributed by atoms with Crippen molar-refractivity contribution in [1.82, 2.24) is 15.1 Å². The van der Waals surface area contributed by atoms with Crippen molar-refractivity contribution < 1.29 is 13.6 Å². The molecule has 0 aliphatic heterocycles. The lowest BCUT2D eigenvalue weighted by Gasteiger charge is -2.07. The van der Waals surface area contributed by atoms with Crippen LogP contribution in [-0.2, 0) is 6.54 Å². The van der Waals surface area contributed by atoms with Crippen molar-refractivity contribution in [2.45, 2.75) is 6.54 Å². The van der Waals surface area contributed by atoms with Gasteiger partial charge in [-0.05, 0) is 12.1 Å². The topological polar surface area (TPSA) is 72.9 Å². The largest absolute Gasteiger partial charge is 0.396 e. The van der Waals surface area contributed by atoms with Gasteiger partial charge >= 0.3 is 0 Å². The number of halogens is 3. The third-order valence-electron chi connectivity index (χ3n) is 2.53. The van der Waals surface area contributed by atoms with E-state index in [2.05, 4.69) is 10.4 Å². The first-order valence-electron chi connectivity index (χ1n) is 5.68. The van der Waals surface area contributed by atoms with Crippen molar-refractivity contribution in [2.75, 3.05) is 12.3 Å². The van der Waals surface area contributed by atoms with Gasteiger partial charge in [-0.2, -0.15) is 5.10 Å². The second-order valence-electron chi connectivity index (χ2n) is 4.04. The summed E-state index contributed by atoms with van der Waals surface area (Å²) in [6, 6.07) is 1.53. The Morgan fingerprint density at radius 3 is 2.80 bits per heavy atom. The molecule has 0 spiro atoms. The molecule has 8 heteroatoms. The van der Waals surface area contributed by atoms with Crippen molar-refractivity contribution in [3.63, 3.8) is 0 Å². The highest BCUT2D eigenvalue weighted by Gasteiger charge is 2.15. The van der Waals surface area contributed by atoms with Gasteiger partial charge in [-0.1, -0.05) is 11.6 Å². The molecule has 0 aliphatic rings. The van der Waals surface area contributed by atoms with E-state index in [1.165, 1.54) is 10.9 Å². The smallest absolute Gasteiger partial charge is 0.254 e. The molecule has 0 atom stereocenters. The van der Waals surface area contributed by atoms with Crippen molar-refractivity contribution >= 4 is 23.2 Å². The molecule has 2 aromatic rings. The van der Waals surface area contributed by atoms with E-state index in [1.807, 2.05) is 0 Å². The highest BCUT2D eigenvalue weighted by atomic mass is 35.5. The van der Waals surface area contributed by atoms with E-state index in [9.17, 15) is 13.6 Å². The molecule has 3 N–H and O–H groups in total. The predicted octanol–water partition coefficient (Wildman–Crippen LogP) is 1.83. The van der Waals surface area contributed by atoms with Crippen LogP contribution >= 0.6 is 11.6 Å². The fraction of sp³-hybridized carbons (Fsp3) is 0.167. The number of nitrogens with one attached hydrogen (secondary N) is 1. The number of anilines is 1. The predicted molar refractivity (Wildman–Crippen MR) is 70.3 cm³/mol. The Morgan fingerprint density at radius 1 is 1.40 bits per heavy atom. The first-order valence-corrected chi connectivity index (χ1v) is 6.06. The highest BCUT2D eigenvalue weighted by Crippen LogP contribution is 2.19. The molecular formula is C12H11ClF2N4O. The van der Waals surface area contributed by atoms with Crippen LogP contribution in [0.2, 0.25) is 5.02 Å². The zero-order valence-corrected chi connectivity index (χ0v) is 11.0. The van der Waals surface area contributed by atoms with E-state index in [0.717, 1.165) is 12.1 Å². The average Bonchev–Trinajstić information content (AvgIpc) is 2.79. The quantitative estimate of drug-likeness (QED) is 0.846. The van der Waals surface area contributed by atoms with Gasteiger partial charge in [0.15, 0.2) is 0 Å². The number of nitrogen functional groups attached to an aromatic ring is 1. The fourth-order valence-corrected chi connectivity index (χ4v) is 1.73. The van der Waals surface area contributed by atoms with Crippen molar-refractivity contribution in [1.29, 1.82) is 0 Å². The first-order chi connectivity index (χ1) is 9.47. The SMILES string of the molecule is Nc1cnn(CCNC(=O)c2cc(F)c(Cl)cc2F)c1. The Balaban J connectivity index is 1.97. The number of carbonyl (C=O) groups excluding carboxylic acids is 1. The minimum Gasteiger partial charge on any atom is -0.396 e. The number of amides is 1. The molecule has 0 saturated carbocycles. The molecule has 0 radical (unpaired) electrons. The van der Waals surface area contributed by atoms with E-state index < -0.39 is 23.1 Å². The molecule has 0 unspecified atom stereocenters. The number of benzene rings is 1. The van der Waals surface area contributed by atoms with Crippen LogP contribution in [0.1, 0.15) is 10.4 Å². The van der Waals surface area contributed by atoms with Gasteiger partial charge in [-0.15, -0.1) is 0 Å². The molecule has 2 rings (SSSR count). The van der Waals surface area contributed by atoms with Crippen LogP contribution in [0, 0.1) is 11.6 Å². The minimum absolute atomic E-state index is 0.198. The third-order valence-corrected chi connectivity index (χ3v) is 2.82. The molecule has 0 fully saturated rings. The number of hydrogen-bond donors (Lipinski definition) is 2. The molecule has 106 valence electrons. The molecule has 1 aromatic carbocycles. The van der Waals surface area contributed by atoms with Crippen LogP contribution in [0.25, 0.3) is 0 Å². The number of hydrogen-bond acceptors (Lipinski definition) is 3. The van der Waals surface area contributed by atoms with E-state index in [4.69, 9.17) is 17.3 Å². The summed E-state index contributed by atoms with van der Waals surface area (Å²) in [6.45, 7) is 0.560. The Bertz CT molecular complexity index is 644. The standard InChI is InChI=1S/C12H11ClF2N4O/c13-9-4-10(14)8(3-11(9)15)12(20)17-1-2-19-6-7(16)5-18-19/h3-6H,1-2,16H2,(H,17,20). The second kappa shape index (κ2) is 5.87. The Kier molecular flexibility index (Phi) is 4.19. The van der Waals surface area contributed by atoms with Gasteiger partial charge < -0.3 is 11.1 Å². The van der Waals surface area contributed by atoms with E-state index in [0.29, 0.717) is 12.2 Å². The molecule has 0 aliphatic carbocycles. The number of carbonyl (C=O) groups is 1. The van der Waals surface area contributed by atoms with Gasteiger partial charge in [0.2, 0.25) is 0 Å². The Hall–Kier alpha value is -2.15. The van der Waals surface area contributed by atoms with Gasteiger partial charge in [0, 0.05) is 12.7 Å². The van der Waals surface area contributed by atoms with Crippen LogP contribution in [0.4, 0.5) is 14.5 Å². The summed E-state index contributed by atoms with van der Waals surface area (Å²) >= 11 is 5.41. The third kappa shape index (κ3) is 3.24. The molecule has 1 aromatic heterocycles. The van der Waals surface area contributed by atoms with Crippen LogP contribution < -0.4 is 11.1 Å². The Labute approximate surface area is 118 Å². The molecular weight excluding hydrogens is 290 g/mol. The molecule has 1 amide bonds. The monoisotopic (exact) mass is 300 g/mol. The zero-order valence-electron chi connectivity index (χ0n) is 10.2. The molecule has 0 saturated heterocycles.